The number of rotatable bonds is 7. The Kier molecular flexibility index (Phi) is 6.17. The standard InChI is InChI=1S/C27H23ClN2O5/c1-3-13-34-20-11-9-16(14-21(20)33-4-2)24-23-25(31)18-7-5-6-8-19(18)35-26(23)27(32)30(24)22-12-10-17(28)15-29-22/h5-12,14-15,24H,3-4,13H2,1-2H3. The lowest BCUT2D eigenvalue weighted by Crippen LogP contribution is -2.30. The topological polar surface area (TPSA) is 81.9 Å². The van der Waals surface area contributed by atoms with E-state index >= 15 is 0 Å². The summed E-state index contributed by atoms with van der Waals surface area (Å²) in [5.74, 6) is 1.03. The molecule has 8 heteroatoms. The number of benzene rings is 2. The lowest BCUT2D eigenvalue weighted by molar-refractivity contribution is 0.0970. The van der Waals surface area contributed by atoms with E-state index in [9.17, 15) is 9.59 Å². The average Bonchev–Trinajstić information content (AvgIpc) is 3.16. The number of carbonyl (C=O) groups is 1. The number of pyridine rings is 1. The minimum Gasteiger partial charge on any atom is -0.490 e. The number of hydrogen-bond donors (Lipinski definition) is 0. The highest BCUT2D eigenvalue weighted by Gasteiger charge is 2.44. The van der Waals surface area contributed by atoms with Crippen LogP contribution in [-0.4, -0.2) is 24.1 Å². The smallest absolute Gasteiger partial charge is 0.296 e. The second-order valence-electron chi connectivity index (χ2n) is 8.07. The molecule has 1 aliphatic heterocycles. The normalized spacial score (nSPS) is 14.9. The van der Waals surface area contributed by atoms with Crippen LogP contribution in [-0.2, 0) is 0 Å². The number of halogens is 1. The van der Waals surface area contributed by atoms with Crippen molar-refractivity contribution >= 4 is 34.3 Å². The number of carbonyl (C=O) groups excluding carboxylic acids is 1. The number of hydrogen-bond acceptors (Lipinski definition) is 6. The molecule has 1 unspecified atom stereocenters. The first-order valence-electron chi connectivity index (χ1n) is 11.4. The number of para-hydroxylation sites is 1. The van der Waals surface area contributed by atoms with E-state index in [1.165, 1.54) is 11.1 Å². The Morgan fingerprint density at radius 3 is 2.60 bits per heavy atom. The van der Waals surface area contributed by atoms with Gasteiger partial charge in [-0.15, -0.1) is 0 Å². The van der Waals surface area contributed by atoms with Crippen molar-refractivity contribution in [3.8, 4) is 11.5 Å². The summed E-state index contributed by atoms with van der Waals surface area (Å²) in [6, 6.07) is 14.9. The Hall–Kier alpha value is -3.84. The lowest BCUT2D eigenvalue weighted by Gasteiger charge is -2.25. The number of amides is 1. The van der Waals surface area contributed by atoms with Gasteiger partial charge in [-0.1, -0.05) is 36.7 Å². The molecule has 1 amide bonds. The third kappa shape index (κ3) is 4.02. The van der Waals surface area contributed by atoms with Gasteiger partial charge >= 0.3 is 0 Å². The van der Waals surface area contributed by atoms with Crippen molar-refractivity contribution in [1.29, 1.82) is 0 Å². The molecule has 0 fully saturated rings. The highest BCUT2D eigenvalue weighted by molar-refractivity contribution is 6.30. The Morgan fingerprint density at radius 2 is 1.86 bits per heavy atom. The molecule has 2 aromatic carbocycles. The van der Waals surface area contributed by atoms with Crippen LogP contribution in [0.4, 0.5) is 5.82 Å². The third-order valence-electron chi connectivity index (χ3n) is 5.78. The molecule has 0 saturated carbocycles. The van der Waals surface area contributed by atoms with Crippen molar-refractivity contribution < 1.29 is 18.7 Å². The molecular weight excluding hydrogens is 468 g/mol. The maximum Gasteiger partial charge on any atom is 0.296 e. The first-order valence-corrected chi connectivity index (χ1v) is 11.8. The summed E-state index contributed by atoms with van der Waals surface area (Å²) in [5.41, 5.74) is 1.02. The minimum atomic E-state index is -0.772. The fourth-order valence-corrected chi connectivity index (χ4v) is 4.39. The van der Waals surface area contributed by atoms with Crippen molar-refractivity contribution in [2.24, 2.45) is 0 Å². The van der Waals surface area contributed by atoms with Crippen LogP contribution >= 0.6 is 11.6 Å². The van der Waals surface area contributed by atoms with E-state index in [2.05, 4.69) is 4.98 Å². The maximum absolute atomic E-state index is 13.7. The molecule has 7 nitrogen and oxygen atoms in total. The van der Waals surface area contributed by atoms with Gasteiger partial charge < -0.3 is 13.9 Å². The van der Waals surface area contributed by atoms with Gasteiger partial charge in [-0.3, -0.25) is 14.5 Å². The van der Waals surface area contributed by atoms with Crippen LogP contribution < -0.4 is 19.8 Å². The van der Waals surface area contributed by atoms with Gasteiger partial charge in [-0.25, -0.2) is 4.98 Å². The van der Waals surface area contributed by atoms with Gasteiger partial charge in [0, 0.05) is 6.20 Å². The molecule has 4 aromatic rings. The molecule has 0 aliphatic carbocycles. The fraction of sp³-hybridized carbons (Fsp3) is 0.222. The van der Waals surface area contributed by atoms with Crippen LogP contribution in [0.5, 0.6) is 11.5 Å². The van der Waals surface area contributed by atoms with Crippen molar-refractivity contribution in [3.63, 3.8) is 0 Å². The van der Waals surface area contributed by atoms with Crippen molar-refractivity contribution in [3.05, 3.63) is 92.9 Å². The van der Waals surface area contributed by atoms with E-state index in [1.807, 2.05) is 19.9 Å². The molecule has 0 saturated heterocycles. The summed E-state index contributed by atoms with van der Waals surface area (Å²) < 4.78 is 17.7. The summed E-state index contributed by atoms with van der Waals surface area (Å²) in [5, 5.41) is 0.841. The van der Waals surface area contributed by atoms with Gasteiger partial charge in [0.25, 0.3) is 5.91 Å². The van der Waals surface area contributed by atoms with E-state index < -0.39 is 11.9 Å². The third-order valence-corrected chi connectivity index (χ3v) is 6.00. The van der Waals surface area contributed by atoms with Gasteiger partial charge in [-0.05, 0) is 55.3 Å². The Bertz CT molecular complexity index is 1470. The minimum absolute atomic E-state index is 0.000260. The second-order valence-corrected chi connectivity index (χ2v) is 8.51. The predicted octanol–water partition coefficient (Wildman–Crippen LogP) is 5.78. The molecule has 1 aliphatic rings. The molecule has 0 bridgehead atoms. The summed E-state index contributed by atoms with van der Waals surface area (Å²) in [6.45, 7) is 4.88. The number of anilines is 1. The predicted molar refractivity (Wildman–Crippen MR) is 134 cm³/mol. The molecule has 0 N–H and O–H groups in total. The zero-order valence-electron chi connectivity index (χ0n) is 19.3. The zero-order valence-corrected chi connectivity index (χ0v) is 20.0. The molecular formula is C27H23ClN2O5. The van der Waals surface area contributed by atoms with Crippen molar-refractivity contribution in [2.45, 2.75) is 26.3 Å². The van der Waals surface area contributed by atoms with E-state index in [0.717, 1.165) is 6.42 Å². The summed E-state index contributed by atoms with van der Waals surface area (Å²) in [6.07, 6.45) is 2.31. The second kappa shape index (κ2) is 9.43. The van der Waals surface area contributed by atoms with Crippen LogP contribution in [0.1, 0.15) is 48.0 Å². The fourth-order valence-electron chi connectivity index (χ4n) is 4.28. The average molecular weight is 491 g/mol. The van der Waals surface area contributed by atoms with Gasteiger partial charge in [0.2, 0.25) is 5.76 Å². The van der Waals surface area contributed by atoms with Crippen molar-refractivity contribution in [1.82, 2.24) is 4.98 Å². The monoisotopic (exact) mass is 490 g/mol. The van der Waals surface area contributed by atoms with Crippen LogP contribution in [0.15, 0.2) is 70.0 Å². The Balaban J connectivity index is 1.74. The van der Waals surface area contributed by atoms with E-state index in [4.69, 9.17) is 25.5 Å². The Morgan fingerprint density at radius 1 is 1.03 bits per heavy atom. The summed E-state index contributed by atoms with van der Waals surface area (Å²) in [4.78, 5) is 33.1. The molecule has 1 atom stereocenters. The first kappa shape index (κ1) is 22.9. The van der Waals surface area contributed by atoms with E-state index in [0.29, 0.717) is 52.1 Å². The van der Waals surface area contributed by atoms with Gasteiger partial charge in [0.05, 0.1) is 35.2 Å². The van der Waals surface area contributed by atoms with Crippen molar-refractivity contribution in [2.75, 3.05) is 18.1 Å². The SMILES string of the molecule is CCCOc1ccc(C2c3c(oc4ccccc4c3=O)C(=O)N2c2ccc(Cl)cn2)cc1OCC. The zero-order chi connectivity index (χ0) is 24.5. The Labute approximate surface area is 206 Å². The molecule has 178 valence electrons. The molecule has 0 spiro atoms. The van der Waals surface area contributed by atoms with Gasteiger partial charge in [-0.2, -0.15) is 0 Å². The van der Waals surface area contributed by atoms with Crippen LogP contribution in [0.25, 0.3) is 11.0 Å². The van der Waals surface area contributed by atoms with Gasteiger partial charge in [0.1, 0.15) is 11.4 Å². The summed E-state index contributed by atoms with van der Waals surface area (Å²) >= 11 is 6.04. The molecule has 0 radical (unpaired) electrons. The quantitative estimate of drug-likeness (QED) is 0.326. The number of fused-ring (bicyclic) bond motifs is 2. The first-order chi connectivity index (χ1) is 17.0. The molecule has 3 heterocycles. The lowest BCUT2D eigenvalue weighted by atomic mass is 9.98. The van der Waals surface area contributed by atoms with E-state index in [-0.39, 0.29) is 16.8 Å². The van der Waals surface area contributed by atoms with E-state index in [1.54, 1.807) is 48.5 Å². The largest absolute Gasteiger partial charge is 0.490 e. The summed E-state index contributed by atoms with van der Waals surface area (Å²) in [7, 11) is 0. The highest BCUT2D eigenvalue weighted by atomic mass is 35.5. The number of aromatic nitrogens is 1. The molecule has 35 heavy (non-hydrogen) atoms. The molecule has 2 aromatic heterocycles. The van der Waals surface area contributed by atoms with Crippen LogP contribution in [0.2, 0.25) is 5.02 Å². The van der Waals surface area contributed by atoms with Crippen LogP contribution in [0.3, 0.4) is 0 Å². The maximum atomic E-state index is 13.7. The molecule has 5 rings (SSSR count). The highest BCUT2D eigenvalue weighted by Crippen LogP contribution is 2.43. The van der Waals surface area contributed by atoms with Gasteiger partial charge in [0.15, 0.2) is 16.9 Å². The van der Waals surface area contributed by atoms with Crippen LogP contribution in [0, 0.1) is 0 Å². The number of ether oxygens (including phenoxy) is 2. The number of nitrogens with zero attached hydrogens (tertiary/aromatic N) is 2.